The van der Waals surface area contributed by atoms with Gasteiger partial charge in [-0.25, -0.2) is 0 Å². The van der Waals surface area contributed by atoms with Crippen LogP contribution in [0.1, 0.15) is 10.6 Å². The minimum absolute atomic E-state index is 0.0368. The highest BCUT2D eigenvalue weighted by Gasteiger charge is 2.12. The van der Waals surface area contributed by atoms with E-state index in [1.165, 1.54) is 0 Å². The van der Waals surface area contributed by atoms with Crippen LogP contribution >= 0.6 is 15.9 Å². The number of Topliss-reactive ketones (excluding diaryl/α,β-unsaturated/α-hetero) is 1. The Bertz CT molecular complexity index is 712. The number of fused-ring (bicyclic) bond motifs is 3. The summed E-state index contributed by atoms with van der Waals surface area (Å²) < 4.78 is 5.55. The highest BCUT2D eigenvalue weighted by atomic mass is 79.9. The second-order valence-electron chi connectivity index (χ2n) is 3.87. The Morgan fingerprint density at radius 3 is 2.76 bits per heavy atom. The highest BCUT2D eigenvalue weighted by Crippen LogP contribution is 2.28. The van der Waals surface area contributed by atoms with Gasteiger partial charge >= 0.3 is 0 Å². The summed E-state index contributed by atoms with van der Waals surface area (Å²) >= 11 is 3.15. The van der Waals surface area contributed by atoms with E-state index in [1.54, 1.807) is 0 Å². The number of ketones is 1. The zero-order valence-electron chi connectivity index (χ0n) is 8.94. The minimum atomic E-state index is -0.0368. The Hall–Kier alpha value is -1.61. The predicted octanol–water partition coefficient (Wildman–Crippen LogP) is 4.16. The van der Waals surface area contributed by atoms with Crippen molar-refractivity contribution in [3.63, 3.8) is 0 Å². The molecule has 0 fully saturated rings. The molecule has 0 aliphatic carbocycles. The first-order valence-corrected chi connectivity index (χ1v) is 6.42. The molecule has 0 aliphatic heterocycles. The number of halogens is 1. The summed E-state index contributed by atoms with van der Waals surface area (Å²) in [6.45, 7) is 0. The molecular formula is C14H9BrO2. The molecule has 0 unspecified atom stereocenters. The van der Waals surface area contributed by atoms with E-state index < -0.39 is 0 Å². The van der Waals surface area contributed by atoms with Gasteiger partial charge in [0.2, 0.25) is 5.78 Å². The van der Waals surface area contributed by atoms with E-state index in [4.69, 9.17) is 4.42 Å². The first-order chi connectivity index (χ1) is 8.29. The summed E-state index contributed by atoms with van der Waals surface area (Å²) in [5.41, 5.74) is 0.757. The molecule has 0 bridgehead atoms. The number of hydrogen-bond acceptors (Lipinski definition) is 2. The van der Waals surface area contributed by atoms with Crippen molar-refractivity contribution in [1.29, 1.82) is 0 Å². The van der Waals surface area contributed by atoms with Crippen molar-refractivity contribution >= 4 is 43.5 Å². The molecule has 3 aromatic rings. The third kappa shape index (κ3) is 1.67. The Kier molecular flexibility index (Phi) is 2.48. The number of carbonyl (C=O) groups is 1. The van der Waals surface area contributed by atoms with Crippen LogP contribution in [0.2, 0.25) is 0 Å². The maximum atomic E-state index is 11.6. The third-order valence-electron chi connectivity index (χ3n) is 2.82. The van der Waals surface area contributed by atoms with Gasteiger partial charge in [0, 0.05) is 5.39 Å². The summed E-state index contributed by atoms with van der Waals surface area (Å²) in [4.78, 5) is 11.6. The largest absolute Gasteiger partial charge is 0.453 e. The lowest BCUT2D eigenvalue weighted by atomic mass is 10.1. The lowest BCUT2D eigenvalue weighted by molar-refractivity contribution is 0.0995. The lowest BCUT2D eigenvalue weighted by Crippen LogP contribution is -1.96. The van der Waals surface area contributed by atoms with Crippen LogP contribution < -0.4 is 0 Å². The monoisotopic (exact) mass is 288 g/mol. The molecule has 3 rings (SSSR count). The van der Waals surface area contributed by atoms with Gasteiger partial charge in [-0.05, 0) is 22.9 Å². The van der Waals surface area contributed by atoms with Crippen LogP contribution in [0.25, 0.3) is 21.7 Å². The first-order valence-electron chi connectivity index (χ1n) is 5.30. The number of furan rings is 1. The molecule has 84 valence electrons. The van der Waals surface area contributed by atoms with Crippen LogP contribution in [0, 0.1) is 0 Å². The van der Waals surface area contributed by atoms with Gasteiger partial charge in [-0.3, -0.25) is 4.79 Å². The van der Waals surface area contributed by atoms with Crippen LogP contribution in [0.5, 0.6) is 0 Å². The van der Waals surface area contributed by atoms with Crippen molar-refractivity contribution in [1.82, 2.24) is 0 Å². The Balaban J connectivity index is 2.35. The fourth-order valence-electron chi connectivity index (χ4n) is 2.00. The van der Waals surface area contributed by atoms with Crippen LogP contribution in [0.4, 0.5) is 0 Å². The molecule has 0 amide bonds. The fourth-order valence-corrected chi connectivity index (χ4v) is 2.27. The SMILES string of the molecule is O=C(CBr)c1cc2c(ccc3ccccc32)o1. The number of hydrogen-bond donors (Lipinski definition) is 0. The molecule has 1 aromatic heterocycles. The fraction of sp³-hybridized carbons (Fsp3) is 0.0714. The van der Waals surface area contributed by atoms with Crippen molar-refractivity contribution in [2.75, 3.05) is 5.33 Å². The molecule has 0 N–H and O–H groups in total. The van der Waals surface area contributed by atoms with E-state index in [2.05, 4.69) is 15.9 Å². The van der Waals surface area contributed by atoms with Crippen molar-refractivity contribution in [3.05, 3.63) is 48.2 Å². The van der Waals surface area contributed by atoms with Crippen LogP contribution in [0.3, 0.4) is 0 Å². The number of alkyl halides is 1. The molecular weight excluding hydrogens is 280 g/mol. The van der Waals surface area contributed by atoms with E-state index >= 15 is 0 Å². The van der Waals surface area contributed by atoms with Crippen molar-refractivity contribution in [2.24, 2.45) is 0 Å². The maximum absolute atomic E-state index is 11.6. The summed E-state index contributed by atoms with van der Waals surface area (Å²) in [5, 5.41) is 3.54. The molecule has 0 saturated carbocycles. The van der Waals surface area contributed by atoms with Crippen LogP contribution in [-0.4, -0.2) is 11.1 Å². The number of rotatable bonds is 2. The normalized spacial score (nSPS) is 11.1. The molecule has 17 heavy (non-hydrogen) atoms. The van der Waals surface area contributed by atoms with Gasteiger partial charge in [0.15, 0.2) is 5.76 Å². The first kappa shape index (κ1) is 10.5. The van der Waals surface area contributed by atoms with Crippen molar-refractivity contribution < 1.29 is 9.21 Å². The standard InChI is InChI=1S/C14H9BrO2/c15-8-12(16)14-7-11-10-4-2-1-3-9(10)5-6-13(11)17-14/h1-7H,8H2. The average Bonchev–Trinajstić information content (AvgIpc) is 2.82. The maximum Gasteiger partial charge on any atom is 0.208 e. The Morgan fingerprint density at radius 2 is 1.94 bits per heavy atom. The Labute approximate surface area is 106 Å². The lowest BCUT2D eigenvalue weighted by Gasteiger charge is -1.96. The van der Waals surface area contributed by atoms with Gasteiger partial charge in [-0.1, -0.05) is 46.3 Å². The second kappa shape index (κ2) is 4.00. The van der Waals surface area contributed by atoms with Gasteiger partial charge in [0.25, 0.3) is 0 Å². The summed E-state index contributed by atoms with van der Waals surface area (Å²) in [6, 6.07) is 13.8. The molecule has 0 saturated heterocycles. The number of benzene rings is 2. The van der Waals surface area contributed by atoms with Gasteiger partial charge in [0.1, 0.15) is 5.58 Å². The third-order valence-corrected chi connectivity index (χ3v) is 3.33. The highest BCUT2D eigenvalue weighted by molar-refractivity contribution is 9.09. The van der Waals surface area contributed by atoms with Gasteiger partial charge in [-0.2, -0.15) is 0 Å². The summed E-state index contributed by atoms with van der Waals surface area (Å²) in [5.74, 6) is 0.374. The molecule has 2 nitrogen and oxygen atoms in total. The van der Waals surface area contributed by atoms with Crippen molar-refractivity contribution in [3.8, 4) is 0 Å². The topological polar surface area (TPSA) is 30.2 Å². The summed E-state index contributed by atoms with van der Waals surface area (Å²) in [7, 11) is 0. The minimum Gasteiger partial charge on any atom is -0.453 e. The molecule has 0 spiro atoms. The van der Waals surface area contributed by atoms with Gasteiger partial charge in [-0.15, -0.1) is 0 Å². The van der Waals surface area contributed by atoms with Crippen LogP contribution in [0.15, 0.2) is 46.9 Å². The van der Waals surface area contributed by atoms with Gasteiger partial charge in [0.05, 0.1) is 5.33 Å². The second-order valence-corrected chi connectivity index (χ2v) is 4.43. The van der Waals surface area contributed by atoms with E-state index in [1.807, 2.05) is 42.5 Å². The average molecular weight is 289 g/mol. The van der Waals surface area contributed by atoms with E-state index in [0.29, 0.717) is 5.76 Å². The molecule has 0 atom stereocenters. The molecule has 0 aliphatic rings. The Morgan fingerprint density at radius 1 is 1.12 bits per heavy atom. The quantitative estimate of drug-likeness (QED) is 0.523. The molecule has 2 aromatic carbocycles. The van der Waals surface area contributed by atoms with Crippen LogP contribution in [-0.2, 0) is 0 Å². The number of carbonyl (C=O) groups excluding carboxylic acids is 1. The van der Waals surface area contributed by atoms with E-state index in [-0.39, 0.29) is 11.1 Å². The van der Waals surface area contributed by atoms with E-state index in [0.717, 1.165) is 21.7 Å². The zero-order chi connectivity index (χ0) is 11.8. The predicted molar refractivity (Wildman–Crippen MR) is 71.8 cm³/mol. The molecule has 1 heterocycles. The molecule has 0 radical (unpaired) electrons. The smallest absolute Gasteiger partial charge is 0.208 e. The van der Waals surface area contributed by atoms with Crippen molar-refractivity contribution in [2.45, 2.75) is 0 Å². The summed E-state index contributed by atoms with van der Waals surface area (Å²) in [6.07, 6.45) is 0. The molecule has 3 heteroatoms. The zero-order valence-corrected chi connectivity index (χ0v) is 10.5. The van der Waals surface area contributed by atoms with E-state index in [9.17, 15) is 4.79 Å². The van der Waals surface area contributed by atoms with Gasteiger partial charge < -0.3 is 4.42 Å².